The van der Waals surface area contributed by atoms with E-state index in [1.54, 1.807) is 17.6 Å². The van der Waals surface area contributed by atoms with E-state index in [0.29, 0.717) is 5.76 Å². The number of benzene rings is 2. The van der Waals surface area contributed by atoms with Gasteiger partial charge in [0.1, 0.15) is 5.76 Å². The minimum Gasteiger partial charge on any atom is -0.448 e. The van der Waals surface area contributed by atoms with E-state index in [1.807, 2.05) is 60.7 Å². The minimum absolute atomic E-state index is 0.671. The van der Waals surface area contributed by atoms with E-state index >= 15 is 0 Å². The Morgan fingerprint density at radius 1 is 1.08 bits per heavy atom. The molecule has 0 bridgehead atoms. The summed E-state index contributed by atoms with van der Waals surface area (Å²) in [5.41, 5.74) is 3.91. The number of hydrogen-bond acceptors (Lipinski definition) is 6. The summed E-state index contributed by atoms with van der Waals surface area (Å²) in [7, 11) is 0. The van der Waals surface area contributed by atoms with Crippen molar-refractivity contribution in [2.24, 2.45) is 5.10 Å². The number of nitrogens with one attached hydrogen (secondary N) is 1. The van der Waals surface area contributed by atoms with Crippen LogP contribution in [0.25, 0.3) is 10.2 Å². The molecule has 7 heteroatoms. The van der Waals surface area contributed by atoms with Gasteiger partial charge in [0.05, 0.1) is 16.4 Å². The van der Waals surface area contributed by atoms with Crippen molar-refractivity contribution in [3.05, 3.63) is 71.4 Å². The quantitative estimate of drug-likeness (QED) is 0.331. The maximum atomic E-state index is 5.89. The monoisotopic (exact) mass is 385 g/mol. The number of fused-ring (bicyclic) bond motifs is 1. The number of furan rings is 1. The molecule has 25 heavy (non-hydrogen) atoms. The molecular weight excluding hydrogens is 374 g/mol. The number of rotatable bonds is 5. The number of hydrazone groups is 1. The molecule has 124 valence electrons. The van der Waals surface area contributed by atoms with Gasteiger partial charge >= 0.3 is 0 Å². The molecule has 0 spiro atoms. The molecule has 0 fully saturated rings. The average molecular weight is 386 g/mol. The Bertz CT molecular complexity index is 991. The van der Waals surface area contributed by atoms with Gasteiger partial charge in [0.15, 0.2) is 5.09 Å². The summed E-state index contributed by atoms with van der Waals surface area (Å²) in [5.74, 6) is 0.671. The second-order valence-corrected chi connectivity index (χ2v) is 7.61. The lowest BCUT2D eigenvalue weighted by Gasteiger charge is -1.97. The predicted octanol–water partition coefficient (Wildman–Crippen LogP) is 6.14. The molecule has 0 saturated carbocycles. The van der Waals surface area contributed by atoms with Crippen LogP contribution in [0.15, 0.2) is 80.2 Å². The topological polar surface area (TPSA) is 50.4 Å². The molecule has 2 heterocycles. The third-order valence-electron chi connectivity index (χ3n) is 3.28. The fourth-order valence-electron chi connectivity index (χ4n) is 2.15. The second kappa shape index (κ2) is 7.31. The molecule has 2 aromatic heterocycles. The molecule has 0 saturated heterocycles. The first-order valence-corrected chi connectivity index (χ1v) is 9.45. The van der Waals surface area contributed by atoms with Gasteiger partial charge in [-0.25, -0.2) is 4.98 Å². The molecule has 0 aliphatic carbocycles. The van der Waals surface area contributed by atoms with Crippen molar-refractivity contribution in [2.45, 2.75) is 9.99 Å². The molecule has 4 nitrogen and oxygen atoms in total. The van der Waals surface area contributed by atoms with Gasteiger partial charge in [-0.2, -0.15) is 5.10 Å². The van der Waals surface area contributed by atoms with Gasteiger partial charge in [0.25, 0.3) is 0 Å². The molecule has 0 atom stereocenters. The van der Waals surface area contributed by atoms with Crippen LogP contribution in [0, 0.1) is 0 Å². The van der Waals surface area contributed by atoms with Crippen LogP contribution in [0.2, 0.25) is 5.02 Å². The lowest BCUT2D eigenvalue weighted by Crippen LogP contribution is -1.88. The summed E-state index contributed by atoms with van der Waals surface area (Å²) in [4.78, 5) is 5.52. The molecule has 1 N–H and O–H groups in total. The van der Waals surface area contributed by atoms with Crippen LogP contribution in [-0.2, 0) is 0 Å². The molecule has 0 unspecified atom stereocenters. The summed E-state index contributed by atoms with van der Waals surface area (Å²) in [6, 6.07) is 19.4. The zero-order valence-electron chi connectivity index (χ0n) is 12.8. The van der Waals surface area contributed by atoms with Crippen LogP contribution in [-0.4, -0.2) is 11.2 Å². The Kier molecular flexibility index (Phi) is 4.74. The van der Waals surface area contributed by atoms with Crippen LogP contribution >= 0.6 is 34.7 Å². The highest BCUT2D eigenvalue weighted by atomic mass is 35.5. The highest BCUT2D eigenvalue weighted by Gasteiger charge is 2.04. The third kappa shape index (κ3) is 4.04. The fourth-order valence-corrected chi connectivity index (χ4v) is 3.87. The fraction of sp³-hybridized carbons (Fsp3) is 0. The molecule has 0 aliphatic heterocycles. The number of halogens is 1. The minimum atomic E-state index is 0.671. The highest BCUT2D eigenvalue weighted by molar-refractivity contribution is 7.99. The Morgan fingerprint density at radius 3 is 2.76 bits per heavy atom. The van der Waals surface area contributed by atoms with Crippen molar-refractivity contribution in [1.82, 2.24) is 4.98 Å². The Morgan fingerprint density at radius 2 is 1.92 bits per heavy atom. The van der Waals surface area contributed by atoms with Gasteiger partial charge in [-0.05, 0) is 48.5 Å². The zero-order valence-corrected chi connectivity index (χ0v) is 15.2. The lowest BCUT2D eigenvalue weighted by atomic mass is 10.3. The molecule has 4 aromatic rings. The standard InChI is InChI=1S/C18H12ClN3OS2/c19-12-5-8-14(9-6-12)24-17-10-7-13(23-17)11-20-22-18-21-15-3-1-2-4-16(15)25-18/h1-11H,(H,21,22)/b20-11+. The molecule has 0 aliphatic rings. The number of anilines is 1. The average Bonchev–Trinajstić information content (AvgIpc) is 3.23. The van der Waals surface area contributed by atoms with E-state index in [1.165, 1.54) is 11.8 Å². The summed E-state index contributed by atoms with van der Waals surface area (Å²) in [6.45, 7) is 0. The first kappa shape index (κ1) is 16.2. The van der Waals surface area contributed by atoms with Crippen LogP contribution in [0.5, 0.6) is 0 Å². The smallest absolute Gasteiger partial charge is 0.204 e. The zero-order chi connectivity index (χ0) is 17.1. The number of thiazole rings is 1. The normalized spacial score (nSPS) is 11.4. The maximum absolute atomic E-state index is 5.89. The molecule has 4 rings (SSSR count). The number of nitrogens with zero attached hydrogens (tertiary/aromatic N) is 2. The van der Waals surface area contributed by atoms with E-state index in [0.717, 1.165) is 30.4 Å². The summed E-state index contributed by atoms with van der Waals surface area (Å²) in [5, 5.41) is 6.46. The van der Waals surface area contributed by atoms with Gasteiger partial charge < -0.3 is 4.42 Å². The first-order chi connectivity index (χ1) is 12.3. The summed E-state index contributed by atoms with van der Waals surface area (Å²) in [6.07, 6.45) is 1.64. The van der Waals surface area contributed by atoms with E-state index in [2.05, 4.69) is 15.5 Å². The van der Waals surface area contributed by atoms with Gasteiger partial charge in [-0.15, -0.1) is 0 Å². The van der Waals surface area contributed by atoms with Gasteiger partial charge in [-0.1, -0.05) is 46.8 Å². The van der Waals surface area contributed by atoms with Crippen LogP contribution in [0.3, 0.4) is 0 Å². The molecule has 0 amide bonds. The largest absolute Gasteiger partial charge is 0.448 e. The Balaban J connectivity index is 1.40. The Labute approximate surface area is 157 Å². The number of hydrogen-bond donors (Lipinski definition) is 1. The molecule has 0 radical (unpaired) electrons. The van der Waals surface area contributed by atoms with Crippen molar-refractivity contribution < 1.29 is 4.42 Å². The van der Waals surface area contributed by atoms with Crippen molar-refractivity contribution in [3.63, 3.8) is 0 Å². The predicted molar refractivity (Wildman–Crippen MR) is 105 cm³/mol. The lowest BCUT2D eigenvalue weighted by molar-refractivity contribution is 0.469. The van der Waals surface area contributed by atoms with Crippen LogP contribution < -0.4 is 5.43 Å². The van der Waals surface area contributed by atoms with Crippen molar-refractivity contribution in [2.75, 3.05) is 5.43 Å². The number of aromatic nitrogens is 1. The van der Waals surface area contributed by atoms with Gasteiger partial charge in [-0.3, -0.25) is 5.43 Å². The first-order valence-electron chi connectivity index (χ1n) is 7.44. The van der Waals surface area contributed by atoms with E-state index in [9.17, 15) is 0 Å². The second-order valence-electron chi connectivity index (χ2n) is 5.07. The van der Waals surface area contributed by atoms with E-state index in [-0.39, 0.29) is 0 Å². The maximum Gasteiger partial charge on any atom is 0.204 e. The van der Waals surface area contributed by atoms with Gasteiger partial charge in [0, 0.05) is 9.92 Å². The van der Waals surface area contributed by atoms with Gasteiger partial charge in [0.2, 0.25) is 5.13 Å². The summed E-state index contributed by atoms with van der Waals surface area (Å²) >= 11 is 8.98. The molecular formula is C18H12ClN3OS2. The van der Waals surface area contributed by atoms with Crippen molar-refractivity contribution in [1.29, 1.82) is 0 Å². The van der Waals surface area contributed by atoms with E-state index in [4.69, 9.17) is 16.0 Å². The van der Waals surface area contributed by atoms with E-state index < -0.39 is 0 Å². The summed E-state index contributed by atoms with van der Waals surface area (Å²) < 4.78 is 6.86. The van der Waals surface area contributed by atoms with Crippen molar-refractivity contribution >= 4 is 56.3 Å². The third-order valence-corrected chi connectivity index (χ3v) is 5.40. The molecule has 2 aromatic carbocycles. The highest BCUT2D eigenvalue weighted by Crippen LogP contribution is 2.30. The van der Waals surface area contributed by atoms with Crippen molar-refractivity contribution in [3.8, 4) is 0 Å². The van der Waals surface area contributed by atoms with Crippen LogP contribution in [0.1, 0.15) is 5.76 Å². The Hall–Kier alpha value is -2.28. The SMILES string of the molecule is Clc1ccc(Sc2ccc(/C=N/Nc3nc4ccccc4s3)o2)cc1. The number of para-hydroxylation sites is 1. The van der Waals surface area contributed by atoms with Crippen LogP contribution in [0.4, 0.5) is 5.13 Å².